The van der Waals surface area contributed by atoms with Gasteiger partial charge in [-0.05, 0) is 50.6 Å². The van der Waals surface area contributed by atoms with Crippen LogP contribution in [0.3, 0.4) is 0 Å². The molecule has 2 N–H and O–H groups in total. The molecular formula is C19H19F2N3O5. The number of hydrogen-bond acceptors (Lipinski definition) is 5. The second-order valence-electron chi connectivity index (χ2n) is 6.39. The number of aryl methyl sites for hydroxylation is 1. The third kappa shape index (κ3) is 5.47. The van der Waals surface area contributed by atoms with E-state index in [1.54, 1.807) is 20.8 Å². The monoisotopic (exact) mass is 407 g/mol. The van der Waals surface area contributed by atoms with Crippen LogP contribution in [-0.4, -0.2) is 29.4 Å². The Bertz CT molecular complexity index is 947. The van der Waals surface area contributed by atoms with Crippen LogP contribution < -0.4 is 15.4 Å². The number of hydrogen-bond donors (Lipinski definition) is 2. The summed E-state index contributed by atoms with van der Waals surface area (Å²) in [5, 5.41) is 16.4. The molecule has 0 aliphatic rings. The number of rotatable bonds is 7. The van der Waals surface area contributed by atoms with Crippen molar-refractivity contribution in [2.24, 2.45) is 0 Å². The predicted molar refractivity (Wildman–Crippen MR) is 101 cm³/mol. The van der Waals surface area contributed by atoms with Crippen LogP contribution in [0.15, 0.2) is 36.4 Å². The van der Waals surface area contributed by atoms with Crippen molar-refractivity contribution in [3.8, 4) is 5.75 Å². The number of amides is 2. The minimum atomic E-state index is -2.98. The average Bonchev–Trinajstić information content (AvgIpc) is 2.62. The van der Waals surface area contributed by atoms with Crippen molar-refractivity contribution >= 4 is 23.2 Å². The van der Waals surface area contributed by atoms with Crippen LogP contribution in [-0.2, 0) is 0 Å². The fourth-order valence-corrected chi connectivity index (χ4v) is 2.60. The van der Waals surface area contributed by atoms with Crippen LogP contribution in [0.1, 0.15) is 40.1 Å². The zero-order chi connectivity index (χ0) is 21.7. The molecular weight excluding hydrogens is 388 g/mol. The van der Waals surface area contributed by atoms with Crippen molar-refractivity contribution in [1.82, 2.24) is 5.32 Å². The third-order valence-electron chi connectivity index (χ3n) is 3.80. The molecule has 0 bridgehead atoms. The summed E-state index contributed by atoms with van der Waals surface area (Å²) < 4.78 is 28.9. The second kappa shape index (κ2) is 9.09. The molecule has 0 fully saturated rings. The minimum Gasteiger partial charge on any atom is -0.435 e. The highest BCUT2D eigenvalue weighted by molar-refractivity contribution is 6.14. The van der Waals surface area contributed by atoms with E-state index < -0.39 is 29.0 Å². The van der Waals surface area contributed by atoms with E-state index in [4.69, 9.17) is 0 Å². The topological polar surface area (TPSA) is 111 Å². The lowest BCUT2D eigenvalue weighted by Crippen LogP contribution is -2.32. The highest BCUT2D eigenvalue weighted by atomic mass is 19.3. The summed E-state index contributed by atoms with van der Waals surface area (Å²) in [6.07, 6.45) is 0. The molecule has 29 heavy (non-hydrogen) atoms. The zero-order valence-corrected chi connectivity index (χ0v) is 15.9. The first kappa shape index (κ1) is 21.7. The number of nitrogens with one attached hydrogen (secondary N) is 2. The fraction of sp³-hybridized carbons (Fsp3) is 0.263. The summed E-state index contributed by atoms with van der Waals surface area (Å²) >= 11 is 0. The summed E-state index contributed by atoms with van der Waals surface area (Å²) in [4.78, 5) is 35.8. The number of halogens is 2. The van der Waals surface area contributed by atoms with E-state index in [2.05, 4.69) is 15.4 Å². The number of carbonyl (C=O) groups is 2. The van der Waals surface area contributed by atoms with Crippen LogP contribution in [0.5, 0.6) is 5.75 Å². The van der Waals surface area contributed by atoms with Gasteiger partial charge in [-0.2, -0.15) is 8.78 Å². The van der Waals surface area contributed by atoms with Gasteiger partial charge < -0.3 is 15.4 Å². The molecule has 2 aromatic carbocycles. The lowest BCUT2D eigenvalue weighted by atomic mass is 10.0. The Morgan fingerprint density at radius 3 is 2.38 bits per heavy atom. The van der Waals surface area contributed by atoms with Gasteiger partial charge in [0.1, 0.15) is 11.3 Å². The highest BCUT2D eigenvalue weighted by Crippen LogP contribution is 2.26. The summed E-state index contributed by atoms with van der Waals surface area (Å²) in [5.74, 6) is -1.59. The van der Waals surface area contributed by atoms with Gasteiger partial charge in [0.2, 0.25) is 0 Å². The Morgan fingerprint density at radius 1 is 1.14 bits per heavy atom. The molecule has 2 rings (SSSR count). The summed E-state index contributed by atoms with van der Waals surface area (Å²) in [6.45, 7) is 1.94. The standard InChI is InChI=1S/C19H19F2N3O5/c1-10(2)22-18(26)16-13(5-4-6-15(16)24(27)28)17(25)23-14-8-7-12(9-11(14)3)29-19(20)21/h4-10,19H,1-3H3,(H,22,26)(H,23,25). The summed E-state index contributed by atoms with van der Waals surface area (Å²) in [5.41, 5.74) is -0.356. The van der Waals surface area contributed by atoms with Gasteiger partial charge in [-0.25, -0.2) is 0 Å². The predicted octanol–water partition coefficient (Wildman–Crippen LogP) is 3.90. The van der Waals surface area contributed by atoms with Crippen molar-refractivity contribution in [3.63, 3.8) is 0 Å². The lowest BCUT2D eigenvalue weighted by Gasteiger charge is -2.14. The fourth-order valence-electron chi connectivity index (χ4n) is 2.60. The molecule has 10 heteroatoms. The molecule has 0 aromatic heterocycles. The molecule has 0 saturated heterocycles. The maximum atomic E-state index is 12.7. The molecule has 154 valence electrons. The van der Waals surface area contributed by atoms with Gasteiger partial charge >= 0.3 is 6.61 Å². The van der Waals surface area contributed by atoms with Crippen molar-refractivity contribution in [2.45, 2.75) is 33.4 Å². The minimum absolute atomic E-state index is 0.0807. The van der Waals surface area contributed by atoms with Crippen LogP contribution in [0.25, 0.3) is 0 Å². The van der Waals surface area contributed by atoms with Gasteiger partial charge in [0.25, 0.3) is 17.5 Å². The summed E-state index contributed by atoms with van der Waals surface area (Å²) in [6, 6.07) is 7.33. The SMILES string of the molecule is Cc1cc(OC(F)F)ccc1NC(=O)c1cccc([N+](=O)[O-])c1C(=O)NC(C)C. The molecule has 2 aromatic rings. The number of alkyl halides is 2. The highest BCUT2D eigenvalue weighted by Gasteiger charge is 2.27. The third-order valence-corrected chi connectivity index (χ3v) is 3.80. The zero-order valence-electron chi connectivity index (χ0n) is 15.9. The molecule has 8 nitrogen and oxygen atoms in total. The summed E-state index contributed by atoms with van der Waals surface area (Å²) in [7, 11) is 0. The maximum Gasteiger partial charge on any atom is 0.387 e. The van der Waals surface area contributed by atoms with Gasteiger partial charge in [0, 0.05) is 17.8 Å². The number of nitro groups is 1. The van der Waals surface area contributed by atoms with Crippen LogP contribution >= 0.6 is 0 Å². The smallest absolute Gasteiger partial charge is 0.387 e. The molecule has 0 unspecified atom stereocenters. The van der Waals surface area contributed by atoms with E-state index in [1.807, 2.05) is 0 Å². The van der Waals surface area contributed by atoms with Gasteiger partial charge in [-0.1, -0.05) is 6.07 Å². The Kier molecular flexibility index (Phi) is 6.81. The number of anilines is 1. The maximum absolute atomic E-state index is 12.7. The lowest BCUT2D eigenvalue weighted by molar-refractivity contribution is -0.385. The van der Waals surface area contributed by atoms with Crippen molar-refractivity contribution in [1.29, 1.82) is 0 Å². The molecule has 0 heterocycles. The number of nitrogens with zero attached hydrogens (tertiary/aromatic N) is 1. The van der Waals surface area contributed by atoms with E-state index in [1.165, 1.54) is 30.3 Å². The second-order valence-corrected chi connectivity index (χ2v) is 6.39. The first-order valence-electron chi connectivity index (χ1n) is 8.55. The van der Waals surface area contributed by atoms with Crippen LogP contribution in [0.2, 0.25) is 0 Å². The molecule has 0 saturated carbocycles. The van der Waals surface area contributed by atoms with E-state index in [0.29, 0.717) is 5.56 Å². The Labute approximate surface area is 165 Å². The first-order valence-corrected chi connectivity index (χ1v) is 8.55. The molecule has 2 amide bonds. The largest absolute Gasteiger partial charge is 0.435 e. The van der Waals surface area contributed by atoms with Crippen molar-refractivity contribution in [2.75, 3.05) is 5.32 Å². The number of nitro benzene ring substituents is 1. The Hall–Kier alpha value is -3.56. The van der Waals surface area contributed by atoms with E-state index in [-0.39, 0.29) is 28.6 Å². The Morgan fingerprint density at radius 2 is 1.83 bits per heavy atom. The van der Waals surface area contributed by atoms with Gasteiger partial charge in [-0.3, -0.25) is 19.7 Å². The number of ether oxygens (including phenoxy) is 1. The van der Waals surface area contributed by atoms with E-state index >= 15 is 0 Å². The molecule has 0 spiro atoms. The van der Waals surface area contributed by atoms with Crippen LogP contribution in [0, 0.1) is 17.0 Å². The van der Waals surface area contributed by atoms with Gasteiger partial charge in [0.05, 0.1) is 10.5 Å². The normalized spacial score (nSPS) is 10.7. The van der Waals surface area contributed by atoms with Gasteiger partial charge in [-0.15, -0.1) is 0 Å². The quantitative estimate of drug-likeness (QED) is 0.534. The van der Waals surface area contributed by atoms with Gasteiger partial charge in [0.15, 0.2) is 0 Å². The molecule has 0 aliphatic heterocycles. The van der Waals surface area contributed by atoms with E-state index in [9.17, 15) is 28.5 Å². The van der Waals surface area contributed by atoms with Crippen LogP contribution in [0.4, 0.5) is 20.2 Å². The first-order chi connectivity index (χ1) is 13.6. The molecule has 0 radical (unpaired) electrons. The molecule has 0 aliphatic carbocycles. The number of carbonyl (C=O) groups excluding carboxylic acids is 2. The average molecular weight is 407 g/mol. The van der Waals surface area contributed by atoms with E-state index in [0.717, 1.165) is 6.07 Å². The van der Waals surface area contributed by atoms with Crippen molar-refractivity contribution in [3.05, 3.63) is 63.2 Å². The Balaban J connectivity index is 2.39. The molecule has 0 atom stereocenters. The number of benzene rings is 2. The van der Waals surface area contributed by atoms with Crippen molar-refractivity contribution < 1.29 is 28.0 Å².